The summed E-state index contributed by atoms with van der Waals surface area (Å²) in [5, 5.41) is 21.5. The molecule has 1 saturated carbocycles. The van der Waals surface area contributed by atoms with Gasteiger partial charge in [0, 0.05) is 18.7 Å². The van der Waals surface area contributed by atoms with Crippen LogP contribution in [0.15, 0.2) is 18.2 Å². The zero-order valence-electron chi connectivity index (χ0n) is 10.8. The van der Waals surface area contributed by atoms with Gasteiger partial charge in [-0.05, 0) is 42.9 Å². The summed E-state index contributed by atoms with van der Waals surface area (Å²) in [6, 6.07) is 4.46. The smallest absolute Gasteiger partial charge is 0.251 e. The van der Waals surface area contributed by atoms with Crippen molar-refractivity contribution in [3.63, 3.8) is 0 Å². The number of phenols is 1. The van der Waals surface area contributed by atoms with Crippen LogP contribution in [0.2, 0.25) is 0 Å². The standard InChI is InChI=1S/C14H20N2O3/c15-12-5-4-9(6-13(12)18)14(19)16-7-10-2-1-3-11(10)8-17/h4-6,10-11,17-18H,1-3,7-8,15H2,(H,16,19). The van der Waals surface area contributed by atoms with E-state index >= 15 is 0 Å². The molecule has 5 N–H and O–H groups in total. The average molecular weight is 264 g/mol. The Morgan fingerprint density at radius 3 is 2.79 bits per heavy atom. The number of aromatic hydroxyl groups is 1. The van der Waals surface area contributed by atoms with Crippen LogP contribution in [0, 0.1) is 11.8 Å². The van der Waals surface area contributed by atoms with Crippen LogP contribution in [0.25, 0.3) is 0 Å². The molecule has 1 fully saturated rings. The first-order valence-corrected chi connectivity index (χ1v) is 6.59. The maximum absolute atomic E-state index is 11.9. The van der Waals surface area contributed by atoms with Crippen LogP contribution >= 0.6 is 0 Å². The van der Waals surface area contributed by atoms with Crippen molar-refractivity contribution in [2.75, 3.05) is 18.9 Å². The number of amides is 1. The molecule has 1 amide bonds. The van der Waals surface area contributed by atoms with E-state index in [2.05, 4.69) is 5.32 Å². The van der Waals surface area contributed by atoms with Crippen LogP contribution < -0.4 is 11.1 Å². The van der Waals surface area contributed by atoms with E-state index in [0.29, 0.717) is 23.9 Å². The molecule has 2 atom stereocenters. The fourth-order valence-corrected chi connectivity index (χ4v) is 2.63. The summed E-state index contributed by atoms with van der Waals surface area (Å²) < 4.78 is 0. The van der Waals surface area contributed by atoms with Crippen molar-refractivity contribution in [3.8, 4) is 5.75 Å². The first-order valence-electron chi connectivity index (χ1n) is 6.59. The summed E-state index contributed by atoms with van der Waals surface area (Å²) in [5.41, 5.74) is 6.14. The Hall–Kier alpha value is -1.75. The number of hydrogen-bond donors (Lipinski definition) is 4. The number of carbonyl (C=O) groups excluding carboxylic acids is 1. The van der Waals surface area contributed by atoms with Gasteiger partial charge in [0.25, 0.3) is 5.91 Å². The normalized spacial score (nSPS) is 22.4. The van der Waals surface area contributed by atoms with E-state index < -0.39 is 0 Å². The van der Waals surface area contributed by atoms with E-state index in [1.54, 1.807) is 6.07 Å². The van der Waals surface area contributed by atoms with Gasteiger partial charge in [-0.15, -0.1) is 0 Å². The van der Waals surface area contributed by atoms with E-state index in [4.69, 9.17) is 5.73 Å². The molecule has 5 heteroatoms. The molecule has 0 heterocycles. The van der Waals surface area contributed by atoms with Crippen LogP contribution in [0.4, 0.5) is 5.69 Å². The Bertz CT molecular complexity index is 462. The Morgan fingerprint density at radius 2 is 2.11 bits per heavy atom. The van der Waals surface area contributed by atoms with Crippen molar-refractivity contribution in [1.29, 1.82) is 0 Å². The highest BCUT2D eigenvalue weighted by atomic mass is 16.3. The van der Waals surface area contributed by atoms with Gasteiger partial charge < -0.3 is 21.3 Å². The van der Waals surface area contributed by atoms with Crippen LogP contribution in [0.5, 0.6) is 5.75 Å². The second-order valence-electron chi connectivity index (χ2n) is 5.12. The third-order valence-electron chi connectivity index (χ3n) is 3.87. The number of benzene rings is 1. The average Bonchev–Trinajstić information content (AvgIpc) is 2.86. The molecule has 1 aromatic rings. The third kappa shape index (κ3) is 3.17. The van der Waals surface area contributed by atoms with Gasteiger partial charge in [-0.3, -0.25) is 4.79 Å². The van der Waals surface area contributed by atoms with E-state index in [9.17, 15) is 15.0 Å². The monoisotopic (exact) mass is 264 g/mol. The number of aliphatic hydroxyl groups is 1. The quantitative estimate of drug-likeness (QED) is 0.484. The largest absolute Gasteiger partial charge is 0.506 e. The van der Waals surface area contributed by atoms with Crippen molar-refractivity contribution in [3.05, 3.63) is 23.8 Å². The van der Waals surface area contributed by atoms with Crippen molar-refractivity contribution >= 4 is 11.6 Å². The first-order chi connectivity index (χ1) is 9.11. The SMILES string of the molecule is Nc1ccc(C(=O)NCC2CCCC2CO)cc1O. The fourth-order valence-electron chi connectivity index (χ4n) is 2.63. The second-order valence-corrected chi connectivity index (χ2v) is 5.12. The maximum Gasteiger partial charge on any atom is 0.251 e. The molecule has 19 heavy (non-hydrogen) atoms. The molecular formula is C14H20N2O3. The predicted molar refractivity (Wildman–Crippen MR) is 72.8 cm³/mol. The zero-order chi connectivity index (χ0) is 13.8. The van der Waals surface area contributed by atoms with Gasteiger partial charge in [-0.2, -0.15) is 0 Å². The minimum atomic E-state index is -0.223. The summed E-state index contributed by atoms with van der Waals surface area (Å²) >= 11 is 0. The van der Waals surface area contributed by atoms with E-state index in [0.717, 1.165) is 19.3 Å². The minimum absolute atomic E-state index is 0.0817. The molecule has 0 saturated heterocycles. The Morgan fingerprint density at radius 1 is 1.37 bits per heavy atom. The van der Waals surface area contributed by atoms with Gasteiger partial charge >= 0.3 is 0 Å². The summed E-state index contributed by atoms with van der Waals surface area (Å²) in [6.45, 7) is 0.748. The van der Waals surface area contributed by atoms with Gasteiger partial charge in [0.15, 0.2) is 0 Å². The molecule has 5 nitrogen and oxygen atoms in total. The summed E-state index contributed by atoms with van der Waals surface area (Å²) in [6.07, 6.45) is 3.17. The van der Waals surface area contributed by atoms with Gasteiger partial charge in [0.05, 0.1) is 5.69 Å². The number of rotatable bonds is 4. The lowest BCUT2D eigenvalue weighted by Gasteiger charge is -2.17. The molecule has 0 radical (unpaired) electrons. The van der Waals surface area contributed by atoms with Gasteiger partial charge in [-0.1, -0.05) is 6.42 Å². The maximum atomic E-state index is 11.9. The van der Waals surface area contributed by atoms with Crippen LogP contribution in [0.1, 0.15) is 29.6 Å². The third-order valence-corrected chi connectivity index (χ3v) is 3.87. The van der Waals surface area contributed by atoms with Gasteiger partial charge in [-0.25, -0.2) is 0 Å². The fraction of sp³-hybridized carbons (Fsp3) is 0.500. The van der Waals surface area contributed by atoms with Crippen molar-refractivity contribution in [1.82, 2.24) is 5.32 Å². The summed E-state index contributed by atoms with van der Waals surface area (Å²) in [4.78, 5) is 11.9. The topological polar surface area (TPSA) is 95.6 Å². The van der Waals surface area contributed by atoms with Crippen LogP contribution in [-0.2, 0) is 0 Å². The number of hydrogen-bond acceptors (Lipinski definition) is 4. The van der Waals surface area contributed by atoms with Crippen LogP contribution in [-0.4, -0.2) is 29.3 Å². The predicted octanol–water partition coefficient (Wildman–Crippen LogP) is 1.11. The molecule has 1 aromatic carbocycles. The molecule has 1 aliphatic carbocycles. The lowest BCUT2D eigenvalue weighted by atomic mass is 9.97. The molecule has 104 valence electrons. The minimum Gasteiger partial charge on any atom is -0.506 e. The van der Waals surface area contributed by atoms with Crippen molar-refractivity contribution in [2.45, 2.75) is 19.3 Å². The number of aliphatic hydroxyl groups excluding tert-OH is 1. The molecule has 2 rings (SSSR count). The number of nitrogen functional groups attached to an aromatic ring is 1. The number of phenolic OH excluding ortho intramolecular Hbond substituents is 1. The van der Waals surface area contributed by atoms with Crippen LogP contribution in [0.3, 0.4) is 0 Å². The second kappa shape index (κ2) is 5.93. The lowest BCUT2D eigenvalue weighted by molar-refractivity contribution is 0.0937. The van der Waals surface area contributed by atoms with Crippen molar-refractivity contribution in [2.24, 2.45) is 11.8 Å². The Labute approximate surface area is 112 Å². The lowest BCUT2D eigenvalue weighted by Crippen LogP contribution is -2.31. The molecule has 0 aromatic heterocycles. The Kier molecular flexibility index (Phi) is 4.27. The zero-order valence-corrected chi connectivity index (χ0v) is 10.8. The summed E-state index contributed by atoms with van der Waals surface area (Å²) in [5.74, 6) is 0.331. The molecule has 0 bridgehead atoms. The number of anilines is 1. The van der Waals surface area contributed by atoms with E-state index in [1.807, 2.05) is 0 Å². The highest BCUT2D eigenvalue weighted by molar-refractivity contribution is 5.95. The molecule has 2 unspecified atom stereocenters. The highest BCUT2D eigenvalue weighted by Crippen LogP contribution is 2.30. The highest BCUT2D eigenvalue weighted by Gasteiger charge is 2.26. The van der Waals surface area contributed by atoms with Gasteiger partial charge in [0.1, 0.15) is 5.75 Å². The summed E-state index contributed by atoms with van der Waals surface area (Å²) in [7, 11) is 0. The molecule has 0 aliphatic heterocycles. The van der Waals surface area contributed by atoms with Crippen molar-refractivity contribution < 1.29 is 15.0 Å². The number of nitrogens with one attached hydrogen (secondary N) is 1. The first kappa shape index (κ1) is 13.7. The van der Waals surface area contributed by atoms with E-state index in [-0.39, 0.29) is 24.0 Å². The molecular weight excluding hydrogens is 244 g/mol. The number of carbonyl (C=O) groups is 1. The molecule has 1 aliphatic rings. The Balaban J connectivity index is 1.92. The van der Waals surface area contributed by atoms with E-state index in [1.165, 1.54) is 12.1 Å². The van der Waals surface area contributed by atoms with Gasteiger partial charge in [0.2, 0.25) is 0 Å². The number of nitrogens with two attached hydrogens (primary N) is 1. The molecule has 0 spiro atoms.